The molecule has 1 aromatic rings. The molecule has 0 aliphatic carbocycles. The first-order valence-electron chi connectivity index (χ1n) is 11.7. The maximum atomic E-state index is 13.4. The number of carbonyl (C=O) groups is 3. The number of Topliss-reactive ketones (excluding diaryl/α,β-unsaturated/α-hetero) is 1. The Balaban J connectivity index is 2.56. The van der Waals surface area contributed by atoms with Crippen LogP contribution in [0.25, 0.3) is 5.53 Å². The van der Waals surface area contributed by atoms with E-state index in [1.54, 1.807) is 13.8 Å². The fourth-order valence-corrected chi connectivity index (χ4v) is 6.02. The molecule has 0 radical (unpaired) electrons. The topological polar surface area (TPSA) is 172 Å². The van der Waals surface area contributed by atoms with Gasteiger partial charge in [0.25, 0.3) is 11.5 Å². The van der Waals surface area contributed by atoms with Crippen LogP contribution in [0, 0.1) is 22.0 Å². The lowest BCUT2D eigenvalue weighted by atomic mass is 9.61. The summed E-state index contributed by atoms with van der Waals surface area (Å²) >= 11 is 0. The van der Waals surface area contributed by atoms with Crippen molar-refractivity contribution in [1.29, 1.82) is 0 Å². The number of nitrogens with zero attached hydrogens (tertiary/aromatic N) is 3. The van der Waals surface area contributed by atoms with Gasteiger partial charge in [0.1, 0.15) is 0 Å². The van der Waals surface area contributed by atoms with Gasteiger partial charge in [-0.2, -0.15) is 4.79 Å². The number of carboxylic acids is 1. The third-order valence-electron chi connectivity index (χ3n) is 7.60. The molecule has 2 N–H and O–H groups in total. The van der Waals surface area contributed by atoms with Crippen LogP contribution in [0.1, 0.15) is 46.6 Å². The van der Waals surface area contributed by atoms with Crippen LogP contribution < -0.4 is 5.32 Å². The summed E-state index contributed by atoms with van der Waals surface area (Å²) in [5, 5.41) is 23.2. The SMILES string of the molecule is CCC1(C(Cc2ccc([N+](=O)[O-])cc2)C(=O)C(=[N+]=[N-])C(=O)O)NC(=O)C1C(C)O[Si](C)(C)C(C)(C)C. The molecule has 196 valence electrons. The lowest BCUT2D eigenvalue weighted by Gasteiger charge is -2.55. The Morgan fingerprint density at radius 1 is 1.31 bits per heavy atom. The van der Waals surface area contributed by atoms with Crippen molar-refractivity contribution in [2.24, 2.45) is 11.8 Å². The van der Waals surface area contributed by atoms with Gasteiger partial charge in [-0.15, -0.1) is 0 Å². The van der Waals surface area contributed by atoms with E-state index in [0.717, 1.165) is 0 Å². The highest BCUT2D eigenvalue weighted by atomic mass is 28.4. The van der Waals surface area contributed by atoms with Gasteiger partial charge in [-0.1, -0.05) is 39.8 Å². The Bertz CT molecular complexity index is 1110. The van der Waals surface area contributed by atoms with Crippen molar-refractivity contribution in [3.8, 4) is 0 Å². The number of non-ortho nitro benzene ring substituents is 1. The molecule has 0 saturated carbocycles. The van der Waals surface area contributed by atoms with E-state index >= 15 is 0 Å². The van der Waals surface area contributed by atoms with Crippen molar-refractivity contribution in [2.75, 3.05) is 0 Å². The lowest BCUT2D eigenvalue weighted by molar-refractivity contribution is -0.384. The fraction of sp³-hybridized carbons (Fsp3) is 0.583. The minimum atomic E-state index is -2.30. The van der Waals surface area contributed by atoms with Crippen LogP contribution in [-0.4, -0.2) is 58.2 Å². The van der Waals surface area contributed by atoms with E-state index in [9.17, 15) is 35.1 Å². The van der Waals surface area contributed by atoms with E-state index in [0.29, 0.717) is 5.56 Å². The third-order valence-corrected chi connectivity index (χ3v) is 12.2. The van der Waals surface area contributed by atoms with E-state index in [2.05, 4.69) is 30.9 Å². The Kier molecular flexibility index (Phi) is 8.40. The second-order valence-electron chi connectivity index (χ2n) is 10.7. The number of rotatable bonds is 11. The summed E-state index contributed by atoms with van der Waals surface area (Å²) in [6.45, 7) is 13.9. The lowest BCUT2D eigenvalue weighted by Crippen LogP contribution is -2.77. The normalized spacial score (nSPS) is 21.4. The average Bonchev–Trinajstić information content (AvgIpc) is 2.74. The minimum absolute atomic E-state index is 0.0411. The van der Waals surface area contributed by atoms with Crippen LogP contribution in [0.2, 0.25) is 18.1 Å². The highest BCUT2D eigenvalue weighted by molar-refractivity contribution is 6.74. The number of hydrogen-bond donors (Lipinski definition) is 2. The fourth-order valence-electron chi connectivity index (χ4n) is 4.60. The molecule has 1 heterocycles. The number of benzene rings is 1. The van der Waals surface area contributed by atoms with E-state index in [-0.39, 0.29) is 29.5 Å². The highest BCUT2D eigenvalue weighted by Crippen LogP contribution is 2.45. The summed E-state index contributed by atoms with van der Waals surface area (Å²) in [4.78, 5) is 51.2. The monoisotopic (exact) mass is 518 g/mol. The molecule has 1 aromatic carbocycles. The molecule has 36 heavy (non-hydrogen) atoms. The number of aliphatic carboxylic acids is 1. The molecule has 2 rings (SSSR count). The van der Waals surface area contributed by atoms with Gasteiger partial charge in [0.05, 0.1) is 28.4 Å². The zero-order chi connectivity index (χ0) is 27.6. The molecule has 1 aliphatic heterocycles. The molecule has 1 fully saturated rings. The first-order valence-corrected chi connectivity index (χ1v) is 14.7. The van der Waals surface area contributed by atoms with Gasteiger partial charge in [0.15, 0.2) is 8.32 Å². The number of nitro groups is 1. The van der Waals surface area contributed by atoms with Crippen LogP contribution in [0.15, 0.2) is 24.3 Å². The van der Waals surface area contributed by atoms with Crippen molar-refractivity contribution in [3.63, 3.8) is 0 Å². The Labute approximate surface area is 211 Å². The Morgan fingerprint density at radius 2 is 1.86 bits per heavy atom. The summed E-state index contributed by atoms with van der Waals surface area (Å²) in [7, 11) is -2.30. The molecule has 1 aliphatic rings. The maximum Gasteiger partial charge on any atom is 0.441 e. The summed E-state index contributed by atoms with van der Waals surface area (Å²) in [5.74, 6) is -4.86. The van der Waals surface area contributed by atoms with Crippen molar-refractivity contribution < 1.29 is 33.6 Å². The minimum Gasteiger partial charge on any atom is -0.472 e. The molecular weight excluding hydrogens is 484 g/mol. The van der Waals surface area contributed by atoms with Crippen LogP contribution >= 0.6 is 0 Å². The predicted molar refractivity (Wildman–Crippen MR) is 134 cm³/mol. The average molecular weight is 519 g/mol. The van der Waals surface area contributed by atoms with Crippen molar-refractivity contribution in [2.45, 2.75) is 77.2 Å². The Morgan fingerprint density at radius 3 is 2.25 bits per heavy atom. The Hall–Kier alpha value is -3.21. The standard InChI is InChI=1S/C24H34N4O7Si/c1-8-24(18(21(30)26-24)14(2)35-36(6,7)23(3,4)5)17(20(29)19(27-25)22(31)32)13-15-9-11-16(12-10-15)28(33)34/h9-12,14,17-18H,8,13H2,1-7H3,(H,26,30)(H,31,32). The van der Waals surface area contributed by atoms with Gasteiger partial charge in [-0.3, -0.25) is 19.7 Å². The number of ketones is 1. The van der Waals surface area contributed by atoms with Gasteiger partial charge < -0.3 is 20.4 Å². The largest absolute Gasteiger partial charge is 0.472 e. The summed E-state index contributed by atoms with van der Waals surface area (Å²) < 4.78 is 6.49. The quantitative estimate of drug-likeness (QED) is 0.0660. The predicted octanol–water partition coefficient (Wildman–Crippen LogP) is 3.38. The number of nitrogens with one attached hydrogen (secondary N) is 1. The molecule has 0 aromatic heterocycles. The number of carbonyl (C=O) groups excluding carboxylic acids is 2. The van der Waals surface area contributed by atoms with Crippen LogP contribution in [-0.2, 0) is 25.2 Å². The number of hydrogen-bond acceptors (Lipinski definition) is 6. The van der Waals surface area contributed by atoms with Crippen molar-refractivity contribution >= 4 is 37.4 Å². The van der Waals surface area contributed by atoms with Crippen LogP contribution in [0.5, 0.6) is 0 Å². The molecule has 11 nitrogen and oxygen atoms in total. The highest BCUT2D eigenvalue weighted by Gasteiger charge is 2.63. The zero-order valence-electron chi connectivity index (χ0n) is 21.7. The molecule has 0 spiro atoms. The maximum absolute atomic E-state index is 13.4. The van der Waals surface area contributed by atoms with Gasteiger partial charge in [0, 0.05) is 12.1 Å². The van der Waals surface area contributed by atoms with Crippen molar-refractivity contribution in [3.05, 3.63) is 45.5 Å². The summed E-state index contributed by atoms with van der Waals surface area (Å²) in [6.07, 6.45) is -0.345. The number of nitro benzene ring substituents is 1. The zero-order valence-corrected chi connectivity index (χ0v) is 22.7. The van der Waals surface area contributed by atoms with E-state index in [1.807, 2.05) is 13.1 Å². The van der Waals surface area contributed by atoms with E-state index in [1.165, 1.54) is 24.3 Å². The number of β-lactam (4-membered cyclic amide) rings is 1. The molecule has 4 atom stereocenters. The second-order valence-corrected chi connectivity index (χ2v) is 15.5. The smallest absolute Gasteiger partial charge is 0.441 e. The number of carboxylic acid groups (broad SMARTS) is 1. The second kappa shape index (κ2) is 10.4. The van der Waals surface area contributed by atoms with Gasteiger partial charge in [-0.05, 0) is 43.5 Å². The van der Waals surface area contributed by atoms with E-state index in [4.69, 9.17) is 4.43 Å². The first kappa shape index (κ1) is 29.0. The van der Waals surface area contributed by atoms with Gasteiger partial charge in [0.2, 0.25) is 5.91 Å². The summed E-state index contributed by atoms with van der Waals surface area (Å²) in [5.41, 5.74) is 7.44. The van der Waals surface area contributed by atoms with E-state index < -0.39 is 54.2 Å². The van der Waals surface area contributed by atoms with Crippen LogP contribution in [0.4, 0.5) is 5.69 Å². The number of amides is 1. The molecule has 0 bridgehead atoms. The van der Waals surface area contributed by atoms with Gasteiger partial charge in [-0.25, -0.2) is 4.79 Å². The third kappa shape index (κ3) is 5.45. The summed E-state index contributed by atoms with van der Waals surface area (Å²) in [6, 6.07) is 5.52. The molecule has 12 heteroatoms. The molecular formula is C24H34N4O7Si. The van der Waals surface area contributed by atoms with Gasteiger partial charge >= 0.3 is 11.7 Å². The first-order chi connectivity index (χ1) is 16.5. The molecule has 1 amide bonds. The molecule has 4 unspecified atom stereocenters. The van der Waals surface area contributed by atoms with Crippen LogP contribution in [0.3, 0.4) is 0 Å². The van der Waals surface area contributed by atoms with Crippen molar-refractivity contribution in [1.82, 2.24) is 5.32 Å². The molecule has 1 saturated heterocycles.